The fraction of sp³-hybridized carbons (Fsp3) is 0.316. The minimum Gasteiger partial charge on any atom is -0.389 e. The topological polar surface area (TPSA) is 56.4 Å². The van der Waals surface area contributed by atoms with E-state index >= 15 is 0 Å². The number of imidazole rings is 1. The number of benzene rings is 2. The summed E-state index contributed by atoms with van der Waals surface area (Å²) in [6.07, 6.45) is -0.950. The van der Waals surface area contributed by atoms with Crippen LogP contribution in [0.3, 0.4) is 0 Å². The Kier molecular flexibility index (Phi) is 5.27. The first-order chi connectivity index (χ1) is 12.0. The van der Waals surface area contributed by atoms with Crippen molar-refractivity contribution in [3.05, 3.63) is 69.6 Å². The maximum absolute atomic E-state index is 12.4. The lowest BCUT2D eigenvalue weighted by atomic mass is 10.1. The van der Waals surface area contributed by atoms with Crippen molar-refractivity contribution in [1.82, 2.24) is 9.13 Å². The average molecular weight is 361 g/mol. The molecular weight excluding hydrogens is 340 g/mol. The molecule has 0 radical (unpaired) electrons. The van der Waals surface area contributed by atoms with Crippen LogP contribution >= 0.6 is 11.6 Å². The van der Waals surface area contributed by atoms with Crippen LogP contribution in [0.5, 0.6) is 0 Å². The smallest absolute Gasteiger partial charge is 0.328 e. The van der Waals surface area contributed by atoms with E-state index < -0.39 is 6.10 Å². The van der Waals surface area contributed by atoms with Crippen LogP contribution < -0.4 is 5.69 Å². The van der Waals surface area contributed by atoms with Gasteiger partial charge in [-0.1, -0.05) is 35.9 Å². The molecule has 0 aliphatic rings. The Bertz CT molecular complexity index is 915. The normalized spacial score (nSPS) is 13.9. The number of hydrogen-bond acceptors (Lipinski definition) is 3. The predicted molar refractivity (Wildman–Crippen MR) is 99.0 cm³/mol. The molecule has 2 atom stereocenters. The maximum atomic E-state index is 12.4. The molecule has 1 N–H and O–H groups in total. The number of rotatable bonds is 6. The fourth-order valence-corrected chi connectivity index (χ4v) is 3.01. The molecule has 0 spiro atoms. The Hall–Kier alpha value is -2.08. The van der Waals surface area contributed by atoms with Gasteiger partial charge in [0.1, 0.15) is 0 Å². The van der Waals surface area contributed by atoms with E-state index in [2.05, 4.69) is 0 Å². The van der Waals surface area contributed by atoms with Gasteiger partial charge in [-0.15, -0.1) is 0 Å². The van der Waals surface area contributed by atoms with E-state index in [1.807, 2.05) is 55.5 Å². The van der Waals surface area contributed by atoms with Crippen LogP contribution in [0.4, 0.5) is 0 Å². The quantitative estimate of drug-likeness (QED) is 0.734. The summed E-state index contributed by atoms with van der Waals surface area (Å²) in [5.41, 5.74) is 2.49. The third-order valence-electron chi connectivity index (χ3n) is 4.32. The van der Waals surface area contributed by atoms with Crippen molar-refractivity contribution >= 4 is 22.6 Å². The Morgan fingerprint density at radius 2 is 1.76 bits per heavy atom. The Labute approximate surface area is 151 Å². The number of hydrogen-bond donors (Lipinski definition) is 1. The van der Waals surface area contributed by atoms with E-state index in [0.29, 0.717) is 5.02 Å². The molecule has 2 aromatic carbocycles. The third kappa shape index (κ3) is 3.79. The molecule has 3 aromatic rings. The van der Waals surface area contributed by atoms with Crippen molar-refractivity contribution in [1.29, 1.82) is 0 Å². The molecule has 132 valence electrons. The van der Waals surface area contributed by atoms with Gasteiger partial charge >= 0.3 is 5.69 Å². The third-order valence-corrected chi connectivity index (χ3v) is 4.58. The molecule has 3 rings (SSSR count). The highest BCUT2D eigenvalue weighted by Crippen LogP contribution is 2.19. The SMILES string of the molecule is C[C@@H](OC[C@@H](O)Cn1c(=O)n(C)c2ccccc21)c1ccc(Cl)cc1. The molecule has 6 heteroatoms. The highest BCUT2D eigenvalue weighted by atomic mass is 35.5. The molecule has 1 heterocycles. The van der Waals surface area contributed by atoms with Crippen LogP contribution in [0.15, 0.2) is 53.3 Å². The Morgan fingerprint density at radius 1 is 1.12 bits per heavy atom. The second kappa shape index (κ2) is 7.44. The molecule has 0 amide bonds. The first-order valence-electron chi connectivity index (χ1n) is 8.16. The molecular formula is C19H21ClN2O3. The molecule has 25 heavy (non-hydrogen) atoms. The molecule has 0 bridgehead atoms. The zero-order valence-electron chi connectivity index (χ0n) is 14.2. The Balaban J connectivity index is 1.67. The summed E-state index contributed by atoms with van der Waals surface area (Å²) in [6.45, 7) is 2.24. The lowest BCUT2D eigenvalue weighted by molar-refractivity contribution is -0.00868. The number of aliphatic hydroxyl groups is 1. The first kappa shape index (κ1) is 17.7. The molecule has 0 saturated carbocycles. The van der Waals surface area contributed by atoms with Gasteiger partial charge in [-0.2, -0.15) is 0 Å². The standard InChI is InChI=1S/C19H21ClN2O3/c1-13(14-7-9-15(20)10-8-14)25-12-16(23)11-22-18-6-4-3-5-17(18)21(2)19(22)24/h3-10,13,16,23H,11-12H2,1-2H3/t13-,16+/m1/s1. The number of fused-ring (bicyclic) bond motifs is 1. The number of para-hydroxylation sites is 2. The Morgan fingerprint density at radius 3 is 2.44 bits per heavy atom. The van der Waals surface area contributed by atoms with Gasteiger partial charge in [-0.25, -0.2) is 4.79 Å². The second-order valence-corrected chi connectivity index (χ2v) is 6.56. The zero-order chi connectivity index (χ0) is 18.0. The summed E-state index contributed by atoms with van der Waals surface area (Å²) >= 11 is 5.88. The van der Waals surface area contributed by atoms with Crippen LogP contribution in [-0.2, 0) is 18.3 Å². The predicted octanol–water partition coefficient (Wildman–Crippen LogP) is 3.13. The van der Waals surface area contributed by atoms with Crippen LogP contribution in [0.2, 0.25) is 5.02 Å². The van der Waals surface area contributed by atoms with Crippen molar-refractivity contribution in [2.75, 3.05) is 6.61 Å². The van der Waals surface area contributed by atoms with Gasteiger partial charge < -0.3 is 9.84 Å². The van der Waals surface area contributed by atoms with Gasteiger partial charge in [-0.05, 0) is 36.8 Å². The van der Waals surface area contributed by atoms with Crippen molar-refractivity contribution < 1.29 is 9.84 Å². The van der Waals surface area contributed by atoms with Gasteiger partial charge in [-0.3, -0.25) is 9.13 Å². The second-order valence-electron chi connectivity index (χ2n) is 6.12. The number of aliphatic hydroxyl groups excluding tert-OH is 1. The zero-order valence-corrected chi connectivity index (χ0v) is 15.0. The highest BCUT2D eigenvalue weighted by molar-refractivity contribution is 6.30. The summed E-state index contributed by atoms with van der Waals surface area (Å²) in [6, 6.07) is 14.9. The molecule has 0 aliphatic carbocycles. The van der Waals surface area contributed by atoms with Crippen molar-refractivity contribution in [2.24, 2.45) is 7.05 Å². The van der Waals surface area contributed by atoms with Crippen molar-refractivity contribution in [3.63, 3.8) is 0 Å². The number of aromatic nitrogens is 2. The van der Waals surface area contributed by atoms with Gasteiger partial charge in [0.15, 0.2) is 0 Å². The summed E-state index contributed by atoms with van der Waals surface area (Å²) in [5, 5.41) is 11.0. The maximum Gasteiger partial charge on any atom is 0.328 e. The van der Waals surface area contributed by atoms with Gasteiger partial charge in [0.25, 0.3) is 0 Å². The molecule has 0 saturated heterocycles. The number of ether oxygens (including phenoxy) is 1. The van der Waals surface area contributed by atoms with E-state index in [9.17, 15) is 9.90 Å². The van der Waals surface area contributed by atoms with E-state index in [0.717, 1.165) is 16.6 Å². The fourth-order valence-electron chi connectivity index (χ4n) is 2.89. The van der Waals surface area contributed by atoms with Crippen LogP contribution in [0, 0.1) is 0 Å². The van der Waals surface area contributed by atoms with Crippen LogP contribution in [0.1, 0.15) is 18.6 Å². The van der Waals surface area contributed by atoms with E-state index in [1.165, 1.54) is 0 Å². The summed E-state index contributed by atoms with van der Waals surface area (Å²) in [5.74, 6) is 0. The minimum atomic E-state index is -0.779. The monoisotopic (exact) mass is 360 g/mol. The molecule has 0 aliphatic heterocycles. The van der Waals surface area contributed by atoms with Gasteiger partial charge in [0, 0.05) is 12.1 Å². The number of aryl methyl sites for hydroxylation is 1. The lowest BCUT2D eigenvalue weighted by Gasteiger charge is -2.17. The average Bonchev–Trinajstić information content (AvgIpc) is 2.85. The van der Waals surface area contributed by atoms with Gasteiger partial charge in [0.05, 0.1) is 36.4 Å². The van der Waals surface area contributed by atoms with Gasteiger partial charge in [0.2, 0.25) is 0 Å². The molecule has 5 nitrogen and oxygen atoms in total. The summed E-state index contributed by atoms with van der Waals surface area (Å²) in [4.78, 5) is 12.4. The summed E-state index contributed by atoms with van der Waals surface area (Å²) < 4.78 is 8.91. The molecule has 0 unspecified atom stereocenters. The highest BCUT2D eigenvalue weighted by Gasteiger charge is 2.15. The summed E-state index contributed by atoms with van der Waals surface area (Å²) in [7, 11) is 1.73. The molecule has 1 aromatic heterocycles. The van der Waals surface area contributed by atoms with E-state index in [4.69, 9.17) is 16.3 Å². The van der Waals surface area contributed by atoms with Crippen molar-refractivity contribution in [2.45, 2.75) is 25.7 Å². The molecule has 0 fully saturated rings. The van der Waals surface area contributed by atoms with Crippen LogP contribution in [0.25, 0.3) is 11.0 Å². The largest absolute Gasteiger partial charge is 0.389 e. The van der Waals surface area contributed by atoms with E-state index in [-0.39, 0.29) is 24.9 Å². The lowest BCUT2D eigenvalue weighted by Crippen LogP contribution is -2.30. The number of nitrogens with zero attached hydrogens (tertiary/aromatic N) is 2. The van der Waals surface area contributed by atoms with Crippen molar-refractivity contribution in [3.8, 4) is 0 Å². The number of halogens is 1. The minimum absolute atomic E-state index is 0.138. The van der Waals surface area contributed by atoms with E-state index in [1.54, 1.807) is 16.2 Å². The first-order valence-corrected chi connectivity index (χ1v) is 8.54. The van der Waals surface area contributed by atoms with Crippen LogP contribution in [-0.4, -0.2) is 27.0 Å².